The van der Waals surface area contributed by atoms with Crippen LogP contribution in [0.15, 0.2) is 36.5 Å². The standard InChI is InChI=1S/C10H11NO3/c11-6-3-7-14-10(13)8-4-1-2-5-9(8)12/h1-6,12H,7,11H2. The monoisotopic (exact) mass is 193 g/mol. The van der Waals surface area contributed by atoms with Crippen LogP contribution in [0.5, 0.6) is 5.75 Å². The molecule has 14 heavy (non-hydrogen) atoms. The summed E-state index contributed by atoms with van der Waals surface area (Å²) in [4.78, 5) is 11.3. The molecular weight excluding hydrogens is 182 g/mol. The van der Waals surface area contributed by atoms with Crippen molar-refractivity contribution in [3.05, 3.63) is 42.1 Å². The van der Waals surface area contributed by atoms with Crippen molar-refractivity contribution in [2.45, 2.75) is 0 Å². The summed E-state index contributed by atoms with van der Waals surface area (Å²) in [5.41, 5.74) is 5.21. The highest BCUT2D eigenvalue weighted by molar-refractivity contribution is 5.92. The molecule has 0 aliphatic rings. The molecule has 0 aliphatic carbocycles. The van der Waals surface area contributed by atoms with E-state index < -0.39 is 5.97 Å². The average molecular weight is 193 g/mol. The van der Waals surface area contributed by atoms with Crippen molar-refractivity contribution in [3.8, 4) is 5.75 Å². The van der Waals surface area contributed by atoms with Gasteiger partial charge in [0.2, 0.25) is 0 Å². The Morgan fingerprint density at radius 2 is 2.21 bits per heavy atom. The molecule has 0 fully saturated rings. The lowest BCUT2D eigenvalue weighted by atomic mass is 10.2. The molecule has 0 radical (unpaired) electrons. The number of benzene rings is 1. The number of carbonyl (C=O) groups is 1. The van der Waals surface area contributed by atoms with E-state index in [9.17, 15) is 9.90 Å². The SMILES string of the molecule is NC=CCOC(=O)c1ccccc1O. The van der Waals surface area contributed by atoms with E-state index in [-0.39, 0.29) is 17.9 Å². The highest BCUT2D eigenvalue weighted by atomic mass is 16.5. The van der Waals surface area contributed by atoms with Gasteiger partial charge in [0.15, 0.2) is 0 Å². The molecule has 1 rings (SSSR count). The Kier molecular flexibility index (Phi) is 3.55. The van der Waals surface area contributed by atoms with Crippen molar-refractivity contribution in [1.82, 2.24) is 0 Å². The normalized spacial score (nSPS) is 10.3. The van der Waals surface area contributed by atoms with Crippen LogP contribution in [0.2, 0.25) is 0 Å². The molecule has 0 aromatic heterocycles. The smallest absolute Gasteiger partial charge is 0.342 e. The van der Waals surface area contributed by atoms with E-state index in [1.165, 1.54) is 24.4 Å². The summed E-state index contributed by atoms with van der Waals surface area (Å²) in [5, 5.41) is 9.29. The number of phenols is 1. The molecule has 0 aliphatic heterocycles. The zero-order valence-corrected chi connectivity index (χ0v) is 7.51. The molecule has 0 unspecified atom stereocenters. The Morgan fingerprint density at radius 3 is 2.86 bits per heavy atom. The molecular formula is C10H11NO3. The summed E-state index contributed by atoms with van der Waals surface area (Å²) in [6, 6.07) is 6.19. The number of esters is 1. The number of aromatic hydroxyl groups is 1. The lowest BCUT2D eigenvalue weighted by molar-refractivity contribution is 0.0546. The Hall–Kier alpha value is -1.97. The van der Waals surface area contributed by atoms with E-state index in [4.69, 9.17) is 10.5 Å². The molecule has 0 heterocycles. The number of carbonyl (C=O) groups excluding carboxylic acids is 1. The first kappa shape index (κ1) is 10.1. The molecule has 74 valence electrons. The van der Waals surface area contributed by atoms with Gasteiger partial charge in [-0.05, 0) is 24.4 Å². The number of para-hydroxylation sites is 1. The number of hydrogen-bond acceptors (Lipinski definition) is 4. The summed E-state index contributed by atoms with van der Waals surface area (Å²) < 4.78 is 4.78. The molecule has 0 bridgehead atoms. The van der Waals surface area contributed by atoms with E-state index in [1.54, 1.807) is 12.1 Å². The van der Waals surface area contributed by atoms with E-state index >= 15 is 0 Å². The summed E-state index contributed by atoms with van der Waals surface area (Å²) in [6.45, 7) is 0.101. The summed E-state index contributed by atoms with van der Waals surface area (Å²) in [6.07, 6.45) is 2.79. The zero-order valence-electron chi connectivity index (χ0n) is 7.51. The second-order valence-electron chi connectivity index (χ2n) is 2.54. The van der Waals surface area contributed by atoms with Crippen molar-refractivity contribution in [3.63, 3.8) is 0 Å². The van der Waals surface area contributed by atoms with Crippen LogP contribution in [0.25, 0.3) is 0 Å². The van der Waals surface area contributed by atoms with E-state index in [1.807, 2.05) is 0 Å². The first-order valence-corrected chi connectivity index (χ1v) is 4.07. The van der Waals surface area contributed by atoms with Gasteiger partial charge < -0.3 is 15.6 Å². The minimum absolute atomic E-state index is 0.0887. The maximum Gasteiger partial charge on any atom is 0.342 e. The fourth-order valence-electron chi connectivity index (χ4n) is 0.903. The van der Waals surface area contributed by atoms with Gasteiger partial charge in [-0.15, -0.1) is 0 Å². The van der Waals surface area contributed by atoms with Gasteiger partial charge in [-0.25, -0.2) is 4.79 Å². The Bertz CT molecular complexity index is 347. The van der Waals surface area contributed by atoms with Crippen LogP contribution < -0.4 is 5.73 Å². The molecule has 1 aromatic carbocycles. The predicted octanol–water partition coefficient (Wildman–Crippen LogP) is 1.02. The third-order valence-electron chi connectivity index (χ3n) is 1.57. The molecule has 0 amide bonds. The second-order valence-corrected chi connectivity index (χ2v) is 2.54. The van der Waals surface area contributed by atoms with E-state index in [0.29, 0.717) is 0 Å². The first-order chi connectivity index (χ1) is 6.75. The molecule has 4 heteroatoms. The molecule has 1 aromatic rings. The molecule has 0 atom stereocenters. The lowest BCUT2D eigenvalue weighted by Gasteiger charge is -2.02. The zero-order chi connectivity index (χ0) is 10.4. The molecule has 0 spiro atoms. The minimum atomic E-state index is -0.568. The number of nitrogens with two attached hydrogens (primary N) is 1. The first-order valence-electron chi connectivity index (χ1n) is 4.07. The van der Waals surface area contributed by atoms with Gasteiger partial charge in [-0.3, -0.25) is 0 Å². The number of rotatable bonds is 3. The topological polar surface area (TPSA) is 72.5 Å². The van der Waals surface area contributed by atoms with Crippen molar-refractivity contribution < 1.29 is 14.6 Å². The van der Waals surface area contributed by atoms with Crippen LogP contribution >= 0.6 is 0 Å². The van der Waals surface area contributed by atoms with Crippen LogP contribution in [0.1, 0.15) is 10.4 Å². The Balaban J connectivity index is 2.65. The fourth-order valence-corrected chi connectivity index (χ4v) is 0.903. The van der Waals surface area contributed by atoms with Gasteiger partial charge in [-0.2, -0.15) is 0 Å². The maximum absolute atomic E-state index is 11.3. The second kappa shape index (κ2) is 4.91. The van der Waals surface area contributed by atoms with Gasteiger partial charge in [0, 0.05) is 0 Å². The lowest BCUT2D eigenvalue weighted by Crippen LogP contribution is -2.05. The van der Waals surface area contributed by atoms with Gasteiger partial charge in [0.1, 0.15) is 17.9 Å². The number of ether oxygens (including phenoxy) is 1. The number of hydrogen-bond donors (Lipinski definition) is 2. The van der Waals surface area contributed by atoms with Crippen LogP contribution in [0.4, 0.5) is 0 Å². The third-order valence-corrected chi connectivity index (χ3v) is 1.57. The molecule has 4 nitrogen and oxygen atoms in total. The minimum Gasteiger partial charge on any atom is -0.507 e. The Morgan fingerprint density at radius 1 is 1.50 bits per heavy atom. The molecule has 0 saturated carbocycles. The van der Waals surface area contributed by atoms with Crippen molar-refractivity contribution >= 4 is 5.97 Å². The number of phenolic OH excluding ortho intramolecular Hbond substituents is 1. The van der Waals surface area contributed by atoms with Crippen molar-refractivity contribution in [2.75, 3.05) is 6.61 Å². The highest BCUT2D eigenvalue weighted by Gasteiger charge is 2.10. The largest absolute Gasteiger partial charge is 0.507 e. The van der Waals surface area contributed by atoms with Crippen LogP contribution in [-0.2, 0) is 4.74 Å². The van der Waals surface area contributed by atoms with E-state index in [0.717, 1.165) is 0 Å². The molecule has 0 saturated heterocycles. The quantitative estimate of drug-likeness (QED) is 0.703. The summed E-state index contributed by atoms with van der Waals surface area (Å²) >= 11 is 0. The van der Waals surface area contributed by atoms with Gasteiger partial charge in [-0.1, -0.05) is 12.1 Å². The maximum atomic E-state index is 11.3. The van der Waals surface area contributed by atoms with Gasteiger partial charge in [0.25, 0.3) is 0 Å². The highest BCUT2D eigenvalue weighted by Crippen LogP contribution is 2.16. The molecule has 3 N–H and O–H groups in total. The summed E-state index contributed by atoms with van der Waals surface area (Å²) in [7, 11) is 0. The van der Waals surface area contributed by atoms with E-state index in [2.05, 4.69) is 0 Å². The van der Waals surface area contributed by atoms with Gasteiger partial charge in [0.05, 0.1) is 0 Å². The Labute approximate surface area is 81.6 Å². The fraction of sp³-hybridized carbons (Fsp3) is 0.100. The average Bonchev–Trinajstić information content (AvgIpc) is 2.18. The van der Waals surface area contributed by atoms with Gasteiger partial charge >= 0.3 is 5.97 Å². The van der Waals surface area contributed by atoms with Crippen LogP contribution in [0, 0.1) is 0 Å². The van der Waals surface area contributed by atoms with Crippen molar-refractivity contribution in [1.29, 1.82) is 0 Å². The van der Waals surface area contributed by atoms with Crippen LogP contribution in [-0.4, -0.2) is 17.7 Å². The predicted molar refractivity (Wildman–Crippen MR) is 51.7 cm³/mol. The van der Waals surface area contributed by atoms with Crippen molar-refractivity contribution in [2.24, 2.45) is 5.73 Å². The third kappa shape index (κ3) is 2.52. The summed E-state index contributed by atoms with van der Waals surface area (Å²) in [5.74, 6) is -0.657. The van der Waals surface area contributed by atoms with Crippen LogP contribution in [0.3, 0.4) is 0 Å².